The summed E-state index contributed by atoms with van der Waals surface area (Å²) in [5.41, 5.74) is 4.33. The number of imidazole rings is 1. The van der Waals surface area contributed by atoms with E-state index in [1.165, 1.54) is 10.6 Å². The lowest BCUT2D eigenvalue weighted by Crippen LogP contribution is -2.48. The third-order valence-electron chi connectivity index (χ3n) is 7.06. The lowest BCUT2D eigenvalue weighted by atomic mass is 10.0. The Kier molecular flexibility index (Phi) is 6.89. The second kappa shape index (κ2) is 9.93. The summed E-state index contributed by atoms with van der Waals surface area (Å²) >= 11 is 6.54. The number of hydrogen-bond donors (Lipinski definition) is 2. The number of sulfonamides is 1. The van der Waals surface area contributed by atoms with Crippen LogP contribution in [0.5, 0.6) is 0 Å². The largest absolute Gasteiger partial charge is 0.379 e. The Labute approximate surface area is 211 Å². The monoisotopic (exact) mass is 517 g/mol. The molecule has 0 unspecified atom stereocenters. The minimum absolute atomic E-state index is 0.364. The van der Waals surface area contributed by atoms with E-state index < -0.39 is 10.0 Å². The van der Waals surface area contributed by atoms with Crippen LogP contribution in [-0.2, 0) is 10.0 Å². The summed E-state index contributed by atoms with van der Waals surface area (Å²) in [5, 5.41) is 4.21. The minimum Gasteiger partial charge on any atom is -0.379 e. The molecule has 9 nitrogen and oxygen atoms in total. The highest BCUT2D eigenvalue weighted by Gasteiger charge is 2.24. The van der Waals surface area contributed by atoms with Gasteiger partial charge in [-0.25, -0.2) is 18.4 Å². The quantitative estimate of drug-likeness (QED) is 0.518. The summed E-state index contributed by atoms with van der Waals surface area (Å²) in [6, 6.07) is 8.54. The highest BCUT2D eigenvalue weighted by molar-refractivity contribution is 7.88. The first-order valence-corrected chi connectivity index (χ1v) is 14.4. The second-order valence-corrected chi connectivity index (χ2v) is 11.7. The number of anilines is 2. The molecule has 2 aliphatic heterocycles. The molecule has 2 aromatic heterocycles. The van der Waals surface area contributed by atoms with Gasteiger partial charge in [0.05, 0.1) is 23.2 Å². The average molecular weight is 518 g/mol. The molecule has 3 aromatic rings. The first-order chi connectivity index (χ1) is 16.8. The molecular formula is C24H32ClN7O2S. The van der Waals surface area contributed by atoms with Crippen LogP contribution in [0.25, 0.3) is 22.6 Å². The van der Waals surface area contributed by atoms with Gasteiger partial charge >= 0.3 is 0 Å². The Morgan fingerprint density at radius 1 is 1.09 bits per heavy atom. The van der Waals surface area contributed by atoms with Gasteiger partial charge < -0.3 is 20.1 Å². The van der Waals surface area contributed by atoms with Gasteiger partial charge in [0, 0.05) is 56.6 Å². The van der Waals surface area contributed by atoms with Crippen LogP contribution in [0.15, 0.2) is 30.5 Å². The number of fused-ring (bicyclic) bond motifs is 1. The fraction of sp³-hybridized carbons (Fsp3) is 0.500. The van der Waals surface area contributed by atoms with Crippen molar-refractivity contribution < 1.29 is 8.42 Å². The molecule has 188 valence electrons. The number of likely N-dealkylation sites (tertiary alicyclic amines) is 1. The predicted octanol–water partition coefficient (Wildman–Crippen LogP) is 3.26. The fourth-order valence-electron chi connectivity index (χ4n) is 4.91. The molecule has 2 N–H and O–H groups in total. The van der Waals surface area contributed by atoms with E-state index in [9.17, 15) is 8.42 Å². The minimum atomic E-state index is -3.14. The molecule has 2 fully saturated rings. The number of aromatic amines is 1. The van der Waals surface area contributed by atoms with E-state index in [2.05, 4.69) is 44.1 Å². The third-order valence-corrected chi connectivity index (χ3v) is 8.65. The van der Waals surface area contributed by atoms with Gasteiger partial charge in [-0.1, -0.05) is 18.5 Å². The maximum absolute atomic E-state index is 11.8. The van der Waals surface area contributed by atoms with Crippen molar-refractivity contribution in [1.82, 2.24) is 24.2 Å². The molecule has 0 saturated carbocycles. The highest BCUT2D eigenvalue weighted by atomic mass is 35.5. The van der Waals surface area contributed by atoms with Crippen LogP contribution in [0, 0.1) is 0 Å². The first-order valence-electron chi connectivity index (χ1n) is 12.2. The van der Waals surface area contributed by atoms with Gasteiger partial charge in [-0.2, -0.15) is 4.31 Å². The third kappa shape index (κ3) is 5.25. The van der Waals surface area contributed by atoms with Crippen molar-refractivity contribution in [1.29, 1.82) is 0 Å². The van der Waals surface area contributed by atoms with Crippen molar-refractivity contribution in [2.24, 2.45) is 0 Å². The van der Waals surface area contributed by atoms with Crippen LogP contribution < -0.4 is 10.2 Å². The van der Waals surface area contributed by atoms with Crippen LogP contribution in [0.2, 0.25) is 5.02 Å². The van der Waals surface area contributed by atoms with Gasteiger partial charge in [-0.15, -0.1) is 0 Å². The first kappa shape index (κ1) is 24.3. The van der Waals surface area contributed by atoms with Crippen LogP contribution in [0.1, 0.15) is 19.8 Å². The number of rotatable bonds is 6. The van der Waals surface area contributed by atoms with E-state index in [1.807, 2.05) is 12.1 Å². The number of piperazine rings is 1. The molecule has 11 heteroatoms. The summed E-state index contributed by atoms with van der Waals surface area (Å²) in [6.45, 7) is 7.81. The number of piperidine rings is 1. The molecule has 0 radical (unpaired) electrons. The molecule has 0 atom stereocenters. The normalized spacial score (nSPS) is 18.9. The molecule has 0 bridgehead atoms. The average Bonchev–Trinajstić information content (AvgIpc) is 3.31. The second-order valence-electron chi connectivity index (χ2n) is 9.31. The van der Waals surface area contributed by atoms with E-state index in [1.54, 1.807) is 6.20 Å². The SMILES string of the molecule is CCN1CCC(Nc2c(Cl)cnc3[nH]c(-c4ccc(N5CCN(S(C)(=O)=O)CC5)cc4)nc23)CC1. The molecule has 0 aliphatic carbocycles. The van der Waals surface area contributed by atoms with Gasteiger partial charge in [0.15, 0.2) is 5.65 Å². The Morgan fingerprint density at radius 2 is 1.77 bits per heavy atom. The lowest BCUT2D eigenvalue weighted by molar-refractivity contribution is 0.229. The summed E-state index contributed by atoms with van der Waals surface area (Å²) < 4.78 is 25.1. The molecule has 4 heterocycles. The van der Waals surface area contributed by atoms with Crippen LogP contribution in [0.3, 0.4) is 0 Å². The molecule has 1 aromatic carbocycles. The zero-order chi connectivity index (χ0) is 24.6. The van der Waals surface area contributed by atoms with E-state index in [-0.39, 0.29) is 0 Å². The zero-order valence-corrected chi connectivity index (χ0v) is 21.7. The number of benzene rings is 1. The number of halogens is 1. The van der Waals surface area contributed by atoms with Crippen molar-refractivity contribution in [3.05, 3.63) is 35.5 Å². The number of nitrogens with one attached hydrogen (secondary N) is 2. The molecule has 2 aliphatic rings. The Morgan fingerprint density at radius 3 is 2.40 bits per heavy atom. The Balaban J connectivity index is 1.32. The smallest absolute Gasteiger partial charge is 0.211 e. The summed E-state index contributed by atoms with van der Waals surface area (Å²) in [5.74, 6) is 0.743. The molecule has 2 saturated heterocycles. The number of pyridine rings is 1. The highest BCUT2D eigenvalue weighted by Crippen LogP contribution is 2.32. The van der Waals surface area contributed by atoms with Crippen molar-refractivity contribution in [3.8, 4) is 11.4 Å². The van der Waals surface area contributed by atoms with E-state index in [0.717, 1.165) is 60.8 Å². The van der Waals surface area contributed by atoms with Gasteiger partial charge in [-0.05, 0) is 43.7 Å². The zero-order valence-electron chi connectivity index (χ0n) is 20.2. The maximum atomic E-state index is 11.8. The maximum Gasteiger partial charge on any atom is 0.211 e. The van der Waals surface area contributed by atoms with Crippen LogP contribution in [-0.4, -0.2) is 90.7 Å². The molecule has 5 rings (SSSR count). The van der Waals surface area contributed by atoms with Crippen LogP contribution in [0.4, 0.5) is 11.4 Å². The van der Waals surface area contributed by atoms with Crippen LogP contribution >= 0.6 is 11.6 Å². The summed E-state index contributed by atoms with van der Waals surface area (Å²) in [4.78, 5) is 17.3. The summed E-state index contributed by atoms with van der Waals surface area (Å²) in [6.07, 6.45) is 5.09. The molecule has 0 spiro atoms. The summed E-state index contributed by atoms with van der Waals surface area (Å²) in [7, 11) is -3.14. The number of nitrogens with zero attached hydrogens (tertiary/aromatic N) is 5. The molecule has 0 amide bonds. The lowest BCUT2D eigenvalue weighted by Gasteiger charge is -2.34. The topological polar surface area (TPSA) is 97.5 Å². The number of aromatic nitrogens is 3. The molecule has 35 heavy (non-hydrogen) atoms. The Bertz CT molecular complexity index is 1280. The van der Waals surface area contributed by atoms with Gasteiger partial charge in [0.25, 0.3) is 0 Å². The fourth-order valence-corrected chi connectivity index (χ4v) is 5.93. The van der Waals surface area contributed by atoms with Gasteiger partial charge in [0.2, 0.25) is 10.0 Å². The van der Waals surface area contributed by atoms with E-state index in [4.69, 9.17) is 16.6 Å². The van der Waals surface area contributed by atoms with Crippen molar-refractivity contribution in [3.63, 3.8) is 0 Å². The number of H-pyrrole nitrogens is 1. The van der Waals surface area contributed by atoms with E-state index >= 15 is 0 Å². The van der Waals surface area contributed by atoms with Gasteiger partial charge in [0.1, 0.15) is 11.3 Å². The standard InChI is InChI=1S/C24H32ClN7O2S/c1-3-30-10-8-18(9-11-30)27-21-20(25)16-26-24-22(21)28-23(29-24)17-4-6-19(7-5-17)31-12-14-32(15-13-31)35(2,33)34/h4-7,16,18H,3,8-15H2,1-2H3,(H2,26,27,28,29). The van der Waals surface area contributed by atoms with E-state index in [0.29, 0.717) is 42.9 Å². The Hall–Kier alpha value is -2.40. The van der Waals surface area contributed by atoms with Crippen molar-refractivity contribution >= 4 is 44.2 Å². The van der Waals surface area contributed by atoms with Gasteiger partial charge in [-0.3, -0.25) is 0 Å². The van der Waals surface area contributed by atoms with Crippen molar-refractivity contribution in [2.45, 2.75) is 25.8 Å². The molecular weight excluding hydrogens is 486 g/mol. The van der Waals surface area contributed by atoms with Crippen molar-refractivity contribution in [2.75, 3.05) is 62.3 Å². The predicted molar refractivity (Wildman–Crippen MR) is 142 cm³/mol. The number of hydrogen-bond acceptors (Lipinski definition) is 7.